The highest BCUT2D eigenvalue weighted by Crippen LogP contribution is 2.22. The zero-order chi connectivity index (χ0) is 12.8. The van der Waals surface area contributed by atoms with E-state index in [4.69, 9.17) is 11.6 Å². The van der Waals surface area contributed by atoms with Gasteiger partial charge in [0.25, 0.3) is 0 Å². The van der Waals surface area contributed by atoms with E-state index in [0.717, 1.165) is 16.6 Å². The second-order valence-corrected chi connectivity index (χ2v) is 5.44. The second-order valence-electron chi connectivity index (χ2n) is 4.11. The maximum atomic E-state index is 11.8. The van der Waals surface area contributed by atoms with E-state index >= 15 is 0 Å². The van der Waals surface area contributed by atoms with Gasteiger partial charge in [-0.15, -0.1) is 0 Å². The first-order valence-electron chi connectivity index (χ1n) is 5.72. The van der Waals surface area contributed by atoms with Crippen molar-refractivity contribution in [2.75, 3.05) is 6.54 Å². The summed E-state index contributed by atoms with van der Waals surface area (Å²) in [4.78, 5) is 11.8. The van der Waals surface area contributed by atoms with Crippen molar-refractivity contribution < 1.29 is 4.79 Å². The van der Waals surface area contributed by atoms with Crippen molar-refractivity contribution in [3.63, 3.8) is 0 Å². The molecule has 1 aromatic rings. The second kappa shape index (κ2) is 7.14. The monoisotopic (exact) mass is 317 g/mol. The molecule has 0 aliphatic rings. The molecule has 0 spiro atoms. The predicted octanol–water partition coefficient (Wildman–Crippen LogP) is 3.60. The SMILES string of the molecule is CCNC(C)CC(=O)Cc1ccc(Br)cc1Cl. The summed E-state index contributed by atoms with van der Waals surface area (Å²) in [6.45, 7) is 4.94. The molecule has 94 valence electrons. The number of hydrogen-bond acceptors (Lipinski definition) is 2. The molecule has 0 aromatic heterocycles. The van der Waals surface area contributed by atoms with Crippen LogP contribution < -0.4 is 5.32 Å². The Kier molecular flexibility index (Phi) is 6.17. The van der Waals surface area contributed by atoms with Gasteiger partial charge in [0.2, 0.25) is 0 Å². The van der Waals surface area contributed by atoms with Gasteiger partial charge in [0.15, 0.2) is 0 Å². The highest BCUT2D eigenvalue weighted by molar-refractivity contribution is 9.10. The van der Waals surface area contributed by atoms with E-state index in [1.165, 1.54) is 0 Å². The number of carbonyl (C=O) groups is 1. The number of benzene rings is 1. The molecule has 0 aliphatic carbocycles. The Bertz CT molecular complexity index is 395. The van der Waals surface area contributed by atoms with Crippen LogP contribution >= 0.6 is 27.5 Å². The third-order valence-corrected chi connectivity index (χ3v) is 3.33. The minimum atomic E-state index is 0.211. The third-order valence-electron chi connectivity index (χ3n) is 2.49. The van der Waals surface area contributed by atoms with E-state index in [2.05, 4.69) is 21.2 Å². The molecule has 0 fully saturated rings. The average molecular weight is 319 g/mol. The van der Waals surface area contributed by atoms with E-state index in [-0.39, 0.29) is 11.8 Å². The Morgan fingerprint density at radius 1 is 1.53 bits per heavy atom. The number of Topliss-reactive ketones (excluding diaryl/α,β-unsaturated/α-hetero) is 1. The van der Waals surface area contributed by atoms with Crippen molar-refractivity contribution in [1.82, 2.24) is 5.32 Å². The molecule has 0 radical (unpaired) electrons. The Balaban J connectivity index is 2.56. The predicted molar refractivity (Wildman–Crippen MR) is 75.6 cm³/mol. The topological polar surface area (TPSA) is 29.1 Å². The quantitative estimate of drug-likeness (QED) is 0.868. The maximum Gasteiger partial charge on any atom is 0.138 e. The van der Waals surface area contributed by atoms with E-state index in [1.807, 2.05) is 32.0 Å². The highest BCUT2D eigenvalue weighted by Gasteiger charge is 2.11. The minimum absolute atomic E-state index is 0.211. The zero-order valence-electron chi connectivity index (χ0n) is 10.1. The Morgan fingerprint density at radius 2 is 2.24 bits per heavy atom. The Labute approximate surface area is 116 Å². The molecule has 0 aliphatic heterocycles. The van der Waals surface area contributed by atoms with Crippen molar-refractivity contribution in [2.45, 2.75) is 32.7 Å². The number of halogens is 2. The molecule has 1 rings (SSSR count). The molecular formula is C13H17BrClNO. The molecule has 0 heterocycles. The molecule has 17 heavy (non-hydrogen) atoms. The molecule has 1 unspecified atom stereocenters. The van der Waals surface area contributed by atoms with Gasteiger partial charge in [0.1, 0.15) is 5.78 Å². The summed E-state index contributed by atoms with van der Waals surface area (Å²) < 4.78 is 0.930. The fourth-order valence-electron chi connectivity index (χ4n) is 1.71. The molecule has 0 bridgehead atoms. The standard InChI is InChI=1S/C13H17BrClNO/c1-3-16-9(2)6-12(17)7-10-4-5-11(14)8-13(10)15/h4-5,8-9,16H,3,6-7H2,1-2H3. The van der Waals surface area contributed by atoms with Crippen molar-refractivity contribution in [3.8, 4) is 0 Å². The zero-order valence-corrected chi connectivity index (χ0v) is 12.4. The highest BCUT2D eigenvalue weighted by atomic mass is 79.9. The van der Waals surface area contributed by atoms with Crippen LogP contribution in [0.5, 0.6) is 0 Å². The normalized spacial score (nSPS) is 12.5. The molecule has 1 atom stereocenters. The first-order chi connectivity index (χ1) is 8.02. The van der Waals surface area contributed by atoms with Crippen LogP contribution in [0, 0.1) is 0 Å². The lowest BCUT2D eigenvalue weighted by Crippen LogP contribution is -2.28. The van der Waals surface area contributed by atoms with E-state index in [0.29, 0.717) is 17.9 Å². The number of ketones is 1. The van der Waals surface area contributed by atoms with Gasteiger partial charge in [-0.05, 0) is 31.2 Å². The van der Waals surface area contributed by atoms with Crippen LogP contribution in [-0.4, -0.2) is 18.4 Å². The van der Waals surface area contributed by atoms with Crippen LogP contribution in [0.15, 0.2) is 22.7 Å². The smallest absolute Gasteiger partial charge is 0.138 e. The lowest BCUT2D eigenvalue weighted by Gasteiger charge is -2.11. The van der Waals surface area contributed by atoms with Crippen LogP contribution in [-0.2, 0) is 11.2 Å². The molecular weight excluding hydrogens is 302 g/mol. The minimum Gasteiger partial charge on any atom is -0.314 e. The maximum absolute atomic E-state index is 11.8. The largest absolute Gasteiger partial charge is 0.314 e. The van der Waals surface area contributed by atoms with Crippen molar-refractivity contribution >= 4 is 33.3 Å². The van der Waals surface area contributed by atoms with Gasteiger partial charge in [-0.25, -0.2) is 0 Å². The van der Waals surface area contributed by atoms with E-state index < -0.39 is 0 Å². The molecule has 2 nitrogen and oxygen atoms in total. The van der Waals surface area contributed by atoms with E-state index in [1.54, 1.807) is 0 Å². The Morgan fingerprint density at radius 3 is 2.82 bits per heavy atom. The van der Waals surface area contributed by atoms with Gasteiger partial charge in [0, 0.05) is 28.4 Å². The first-order valence-corrected chi connectivity index (χ1v) is 6.89. The lowest BCUT2D eigenvalue weighted by molar-refractivity contribution is -0.118. The van der Waals surface area contributed by atoms with Crippen molar-refractivity contribution in [2.24, 2.45) is 0 Å². The molecule has 0 saturated heterocycles. The van der Waals surface area contributed by atoms with Crippen LogP contribution in [0.4, 0.5) is 0 Å². The van der Waals surface area contributed by atoms with Gasteiger partial charge in [0.05, 0.1) is 0 Å². The van der Waals surface area contributed by atoms with Gasteiger partial charge < -0.3 is 5.32 Å². The van der Waals surface area contributed by atoms with Crippen molar-refractivity contribution in [1.29, 1.82) is 0 Å². The number of rotatable bonds is 6. The molecule has 1 aromatic carbocycles. The molecule has 0 saturated carbocycles. The van der Waals surface area contributed by atoms with Crippen LogP contribution in [0.3, 0.4) is 0 Å². The third kappa shape index (κ3) is 5.19. The molecule has 0 amide bonds. The first kappa shape index (κ1) is 14.7. The average Bonchev–Trinajstić information content (AvgIpc) is 2.22. The summed E-state index contributed by atoms with van der Waals surface area (Å²) in [5, 5.41) is 3.87. The van der Waals surface area contributed by atoms with Gasteiger partial charge in [-0.3, -0.25) is 4.79 Å². The Hall–Kier alpha value is -0.380. The fourth-order valence-corrected chi connectivity index (χ4v) is 2.45. The van der Waals surface area contributed by atoms with Gasteiger partial charge in [-0.2, -0.15) is 0 Å². The summed E-state index contributed by atoms with van der Waals surface area (Å²) in [5.41, 5.74) is 0.892. The lowest BCUT2D eigenvalue weighted by atomic mass is 10.0. The summed E-state index contributed by atoms with van der Waals surface area (Å²) in [7, 11) is 0. The summed E-state index contributed by atoms with van der Waals surface area (Å²) in [5.74, 6) is 0.211. The fraction of sp³-hybridized carbons (Fsp3) is 0.462. The summed E-state index contributed by atoms with van der Waals surface area (Å²) >= 11 is 9.42. The number of hydrogen-bond donors (Lipinski definition) is 1. The van der Waals surface area contributed by atoms with Crippen LogP contribution in [0.25, 0.3) is 0 Å². The summed E-state index contributed by atoms with van der Waals surface area (Å²) in [6, 6.07) is 5.84. The van der Waals surface area contributed by atoms with Crippen LogP contribution in [0.1, 0.15) is 25.8 Å². The number of nitrogens with one attached hydrogen (secondary N) is 1. The molecule has 4 heteroatoms. The van der Waals surface area contributed by atoms with E-state index in [9.17, 15) is 4.79 Å². The van der Waals surface area contributed by atoms with Gasteiger partial charge >= 0.3 is 0 Å². The van der Waals surface area contributed by atoms with Gasteiger partial charge in [-0.1, -0.05) is 40.5 Å². The summed E-state index contributed by atoms with van der Waals surface area (Å²) in [6.07, 6.45) is 0.947. The number of carbonyl (C=O) groups excluding carboxylic acids is 1. The van der Waals surface area contributed by atoms with Crippen LogP contribution in [0.2, 0.25) is 5.02 Å². The van der Waals surface area contributed by atoms with Crippen molar-refractivity contribution in [3.05, 3.63) is 33.3 Å². The molecule has 1 N–H and O–H groups in total.